The van der Waals surface area contributed by atoms with Crippen molar-refractivity contribution in [2.75, 3.05) is 30.0 Å². The smallest absolute Gasteiger partial charge is 0.250 e. The number of carbonyl (C=O) groups excluding carboxylic acids is 1. The van der Waals surface area contributed by atoms with Crippen LogP contribution < -0.4 is 15.0 Å². The Morgan fingerprint density at radius 2 is 1.38 bits per heavy atom. The molecule has 6 aromatic rings. The number of benzene rings is 5. The van der Waals surface area contributed by atoms with Crippen molar-refractivity contribution < 1.29 is 14.3 Å². The van der Waals surface area contributed by atoms with Crippen molar-refractivity contribution in [3.05, 3.63) is 180 Å². The number of imidazole rings is 1. The number of hydrogen-bond donors (Lipinski definition) is 1. The molecule has 7 heteroatoms. The van der Waals surface area contributed by atoms with Gasteiger partial charge in [-0.3, -0.25) is 4.79 Å². The van der Waals surface area contributed by atoms with Crippen LogP contribution in [-0.4, -0.2) is 35.2 Å². The second-order valence-electron chi connectivity index (χ2n) is 11.6. The van der Waals surface area contributed by atoms with E-state index in [-0.39, 0.29) is 12.5 Å². The van der Waals surface area contributed by atoms with Gasteiger partial charge in [0.25, 0.3) is 0 Å². The van der Waals surface area contributed by atoms with Gasteiger partial charge in [0.05, 0.1) is 37.4 Å². The number of nitrogens with one attached hydrogen (secondary N) is 1. The van der Waals surface area contributed by atoms with Crippen LogP contribution in [0.4, 0.5) is 11.4 Å². The first-order valence-electron chi connectivity index (χ1n) is 15.8. The highest BCUT2D eigenvalue weighted by atomic mass is 16.5. The maximum absolute atomic E-state index is 12.7. The first-order valence-corrected chi connectivity index (χ1v) is 15.8. The number of amides is 1. The summed E-state index contributed by atoms with van der Waals surface area (Å²) in [7, 11) is 0. The molecule has 7 rings (SSSR count). The van der Waals surface area contributed by atoms with Gasteiger partial charge in [0, 0.05) is 11.9 Å². The number of ether oxygens (including phenoxy) is 2. The predicted molar refractivity (Wildman–Crippen MR) is 185 cm³/mol. The van der Waals surface area contributed by atoms with Crippen molar-refractivity contribution in [1.29, 1.82) is 0 Å². The van der Waals surface area contributed by atoms with Crippen LogP contribution in [0.5, 0.6) is 5.75 Å². The minimum Gasteiger partial charge on any atom is -0.490 e. The third-order valence-corrected chi connectivity index (χ3v) is 8.50. The second-order valence-corrected chi connectivity index (χ2v) is 11.6. The summed E-state index contributed by atoms with van der Waals surface area (Å²) >= 11 is 0. The number of carbonyl (C=O) groups is 1. The molecular weight excluding hydrogens is 584 g/mol. The SMILES string of the molecule is O=C(COCc1ccccc1)Nc1ccc2c(c1)N(Cc1cn(C(c3ccccc3)(c3ccccc3)c3ccccc3)cn1)CCO2. The van der Waals surface area contributed by atoms with Crippen LogP contribution in [0.1, 0.15) is 27.9 Å². The van der Waals surface area contributed by atoms with Crippen molar-refractivity contribution in [3.63, 3.8) is 0 Å². The molecule has 0 radical (unpaired) electrons. The van der Waals surface area contributed by atoms with Crippen LogP contribution in [0.25, 0.3) is 0 Å². The number of nitrogens with zero attached hydrogens (tertiary/aromatic N) is 3. The zero-order chi connectivity index (χ0) is 31.9. The van der Waals surface area contributed by atoms with Gasteiger partial charge < -0.3 is 24.3 Å². The molecule has 0 saturated carbocycles. The summed E-state index contributed by atoms with van der Waals surface area (Å²) < 4.78 is 13.9. The summed E-state index contributed by atoms with van der Waals surface area (Å²) in [5.41, 5.74) is 6.36. The first-order chi connectivity index (χ1) is 23.2. The van der Waals surface area contributed by atoms with Gasteiger partial charge in [-0.15, -0.1) is 0 Å². The molecule has 5 aromatic carbocycles. The summed E-state index contributed by atoms with van der Waals surface area (Å²) in [6, 6.07) is 47.3. The lowest BCUT2D eigenvalue weighted by molar-refractivity contribution is -0.121. The molecule has 0 bridgehead atoms. The quantitative estimate of drug-likeness (QED) is 0.154. The van der Waals surface area contributed by atoms with E-state index in [9.17, 15) is 4.79 Å². The average molecular weight is 621 g/mol. The Kier molecular flexibility index (Phi) is 8.79. The van der Waals surface area contributed by atoms with Gasteiger partial charge in [-0.05, 0) is 40.5 Å². The fourth-order valence-electron chi connectivity index (χ4n) is 6.36. The molecule has 0 aliphatic carbocycles. The highest BCUT2D eigenvalue weighted by Crippen LogP contribution is 2.41. The van der Waals surface area contributed by atoms with E-state index in [0.29, 0.717) is 32.0 Å². The van der Waals surface area contributed by atoms with Gasteiger partial charge in [0.15, 0.2) is 0 Å². The van der Waals surface area contributed by atoms with Gasteiger partial charge in [0.1, 0.15) is 24.5 Å². The Labute approximate surface area is 275 Å². The third-order valence-electron chi connectivity index (χ3n) is 8.50. The van der Waals surface area contributed by atoms with Crippen molar-refractivity contribution in [2.45, 2.75) is 18.7 Å². The Morgan fingerprint density at radius 3 is 2.00 bits per heavy atom. The first kappa shape index (κ1) is 30.0. The molecule has 1 aliphatic rings. The Morgan fingerprint density at radius 1 is 0.787 bits per heavy atom. The standard InChI is InChI=1S/C40H36N4O3/c45-39(29-46-28-31-13-5-1-6-14-31)42-35-21-22-38-37(25-35)43(23-24-47-38)26-36-27-44(30-41-36)40(32-15-7-2-8-16-32,33-17-9-3-10-18-33)34-19-11-4-12-20-34/h1-22,25,27,30H,23-24,26,28-29H2,(H,42,45). The number of hydrogen-bond acceptors (Lipinski definition) is 5. The molecule has 1 aromatic heterocycles. The maximum Gasteiger partial charge on any atom is 0.250 e. The van der Waals surface area contributed by atoms with Crippen molar-refractivity contribution >= 4 is 17.3 Å². The fraction of sp³-hybridized carbons (Fsp3) is 0.150. The molecule has 0 saturated heterocycles. The van der Waals surface area contributed by atoms with E-state index in [4.69, 9.17) is 14.5 Å². The normalized spacial score (nSPS) is 12.6. The summed E-state index contributed by atoms with van der Waals surface area (Å²) in [4.78, 5) is 19.9. The highest BCUT2D eigenvalue weighted by Gasteiger charge is 2.38. The Balaban J connectivity index is 1.15. The number of fused-ring (bicyclic) bond motifs is 1. The molecule has 0 spiro atoms. The predicted octanol–water partition coefficient (Wildman–Crippen LogP) is 7.28. The summed E-state index contributed by atoms with van der Waals surface area (Å²) in [5.74, 6) is 0.572. The second kappa shape index (κ2) is 13.8. The summed E-state index contributed by atoms with van der Waals surface area (Å²) in [5, 5.41) is 2.98. The number of anilines is 2. The van der Waals surface area contributed by atoms with Crippen molar-refractivity contribution in [1.82, 2.24) is 9.55 Å². The van der Waals surface area contributed by atoms with Gasteiger partial charge in [0.2, 0.25) is 5.91 Å². The van der Waals surface area contributed by atoms with Crippen LogP contribution >= 0.6 is 0 Å². The molecule has 1 amide bonds. The third kappa shape index (κ3) is 6.39. The molecule has 2 heterocycles. The lowest BCUT2D eigenvalue weighted by atomic mass is 9.77. The van der Waals surface area contributed by atoms with Crippen LogP contribution in [0.3, 0.4) is 0 Å². The van der Waals surface area contributed by atoms with Crippen molar-refractivity contribution in [2.24, 2.45) is 0 Å². The van der Waals surface area contributed by atoms with E-state index in [1.807, 2.05) is 73.1 Å². The fourth-order valence-corrected chi connectivity index (χ4v) is 6.36. The molecule has 234 valence electrons. The minimum absolute atomic E-state index is 0.0321. The van der Waals surface area contributed by atoms with E-state index >= 15 is 0 Å². The molecule has 0 unspecified atom stereocenters. The molecule has 1 N–H and O–H groups in total. The minimum atomic E-state index is -0.627. The maximum atomic E-state index is 12.7. The molecule has 0 fully saturated rings. The van der Waals surface area contributed by atoms with Crippen LogP contribution in [-0.2, 0) is 28.2 Å². The lowest BCUT2D eigenvalue weighted by Gasteiger charge is -2.37. The summed E-state index contributed by atoms with van der Waals surface area (Å²) in [6.45, 7) is 2.19. The Bertz CT molecular complexity index is 1810. The topological polar surface area (TPSA) is 68.6 Å². The van der Waals surface area contributed by atoms with Crippen molar-refractivity contribution in [3.8, 4) is 5.75 Å². The molecular formula is C40H36N4O3. The molecule has 1 aliphatic heterocycles. The number of aromatic nitrogens is 2. The summed E-state index contributed by atoms with van der Waals surface area (Å²) in [6.07, 6.45) is 4.09. The molecule has 7 nitrogen and oxygen atoms in total. The van der Waals surface area contributed by atoms with Crippen LogP contribution in [0, 0.1) is 0 Å². The van der Waals surface area contributed by atoms with Gasteiger partial charge in [-0.1, -0.05) is 121 Å². The van der Waals surface area contributed by atoms with E-state index in [2.05, 4.69) is 93.8 Å². The molecule has 47 heavy (non-hydrogen) atoms. The largest absolute Gasteiger partial charge is 0.490 e. The average Bonchev–Trinajstić information content (AvgIpc) is 3.59. The number of rotatable bonds is 11. The highest BCUT2D eigenvalue weighted by molar-refractivity contribution is 5.92. The van der Waals surface area contributed by atoms with Gasteiger partial charge >= 0.3 is 0 Å². The van der Waals surface area contributed by atoms with Gasteiger partial charge in [-0.2, -0.15) is 0 Å². The van der Waals surface area contributed by atoms with E-state index < -0.39 is 5.54 Å². The van der Waals surface area contributed by atoms with E-state index in [1.165, 1.54) is 0 Å². The van der Waals surface area contributed by atoms with E-state index in [0.717, 1.165) is 39.4 Å². The molecule has 0 atom stereocenters. The zero-order valence-electron chi connectivity index (χ0n) is 26.0. The zero-order valence-corrected chi connectivity index (χ0v) is 26.0. The Hall–Kier alpha value is -5.66. The van der Waals surface area contributed by atoms with E-state index in [1.54, 1.807) is 0 Å². The lowest BCUT2D eigenvalue weighted by Crippen LogP contribution is -2.37. The van der Waals surface area contributed by atoms with Gasteiger partial charge in [-0.25, -0.2) is 4.98 Å². The van der Waals surface area contributed by atoms with Crippen LogP contribution in [0.2, 0.25) is 0 Å². The van der Waals surface area contributed by atoms with Crippen LogP contribution in [0.15, 0.2) is 152 Å². The monoisotopic (exact) mass is 620 g/mol.